The Morgan fingerprint density at radius 2 is 1.00 bits per heavy atom. The number of rotatable bonds is 14. The number of halogens is 2. The lowest BCUT2D eigenvalue weighted by Gasteiger charge is -2.02. The summed E-state index contributed by atoms with van der Waals surface area (Å²) in [6.45, 7) is 0. The van der Waals surface area contributed by atoms with Crippen molar-refractivity contribution in [3.8, 4) is 0 Å². The second-order valence-corrected chi connectivity index (χ2v) is 6.51. The molecule has 0 heterocycles. The van der Waals surface area contributed by atoms with Gasteiger partial charge in [0.25, 0.3) is 0 Å². The summed E-state index contributed by atoms with van der Waals surface area (Å²) < 4.78 is 5.43. The predicted octanol–water partition coefficient (Wildman–Crippen LogP) is 5.90. The Bertz CT molecular complexity index is 126. The highest BCUT2D eigenvalue weighted by atomic mass is 35.5. The fourth-order valence-corrected chi connectivity index (χ4v) is 3.16. The molecule has 104 valence electrons. The van der Waals surface area contributed by atoms with Crippen LogP contribution in [0.25, 0.3) is 0 Å². The minimum atomic E-state index is 0.795. The molecule has 0 unspecified atom stereocenters. The summed E-state index contributed by atoms with van der Waals surface area (Å²) >= 11 is 14.4. The maximum atomic E-state index is 5.60. The second-order valence-electron chi connectivity index (χ2n) is 3.92. The van der Waals surface area contributed by atoms with E-state index in [1.165, 1.54) is 38.5 Å². The third-order valence-corrected chi connectivity index (χ3v) is 4.53. The molecule has 0 spiro atoms. The number of alkyl halides is 2. The van der Waals surface area contributed by atoms with E-state index in [0.29, 0.717) is 0 Å². The zero-order valence-electron chi connectivity index (χ0n) is 10.5. The van der Waals surface area contributed by atoms with Gasteiger partial charge in [-0.1, -0.05) is 25.7 Å². The average molecular weight is 319 g/mol. The molecule has 0 aromatic heterocycles. The van der Waals surface area contributed by atoms with Crippen LogP contribution < -0.4 is 0 Å². The Labute approximate surface area is 125 Å². The van der Waals surface area contributed by atoms with Gasteiger partial charge in [0.05, 0.1) is 0 Å². The van der Waals surface area contributed by atoms with Crippen molar-refractivity contribution < 1.29 is 3.63 Å². The highest BCUT2D eigenvalue weighted by Crippen LogP contribution is 2.18. The lowest BCUT2D eigenvalue weighted by molar-refractivity contribution is 0.686. The van der Waals surface area contributed by atoms with Gasteiger partial charge in [0.2, 0.25) is 0 Å². The van der Waals surface area contributed by atoms with Gasteiger partial charge in [-0.2, -0.15) is 0 Å². The third-order valence-electron chi connectivity index (χ3n) is 2.32. The molecule has 5 heteroatoms. The van der Waals surface area contributed by atoms with Gasteiger partial charge in [-0.25, -0.2) is 3.63 Å². The summed E-state index contributed by atoms with van der Waals surface area (Å²) in [6.07, 6.45) is 9.79. The minimum Gasteiger partial charge on any atom is -0.247 e. The van der Waals surface area contributed by atoms with Crippen LogP contribution in [0.15, 0.2) is 0 Å². The van der Waals surface area contributed by atoms with Gasteiger partial charge in [0.1, 0.15) is 0 Å². The van der Waals surface area contributed by atoms with Gasteiger partial charge in [0.15, 0.2) is 0 Å². The first kappa shape index (κ1) is 18.2. The Balaban J connectivity index is 2.85. The molecule has 0 aromatic carbocycles. The summed E-state index contributed by atoms with van der Waals surface area (Å²) in [4.78, 5) is 0. The van der Waals surface area contributed by atoms with Crippen LogP contribution in [-0.2, 0) is 3.63 Å². The molecule has 0 atom stereocenters. The highest BCUT2D eigenvalue weighted by Gasteiger charge is 1.94. The van der Waals surface area contributed by atoms with Crippen LogP contribution in [0, 0.1) is 0 Å². The Morgan fingerprint density at radius 3 is 1.41 bits per heavy atom. The fourth-order valence-electron chi connectivity index (χ4n) is 1.32. The van der Waals surface area contributed by atoms with Gasteiger partial charge in [-0.15, -0.1) is 23.2 Å². The van der Waals surface area contributed by atoms with Crippen molar-refractivity contribution in [3.63, 3.8) is 0 Å². The monoisotopic (exact) mass is 318 g/mol. The van der Waals surface area contributed by atoms with Crippen molar-refractivity contribution in [2.45, 2.75) is 51.4 Å². The van der Waals surface area contributed by atoms with Gasteiger partial charge < -0.3 is 0 Å². The van der Waals surface area contributed by atoms with E-state index in [-0.39, 0.29) is 0 Å². The lowest BCUT2D eigenvalue weighted by Crippen LogP contribution is -1.84. The smallest absolute Gasteiger partial charge is 0.0223 e. The Kier molecular flexibility index (Phi) is 18.5. The molecule has 17 heavy (non-hydrogen) atoms. The highest BCUT2D eigenvalue weighted by molar-refractivity contribution is 8.07. The van der Waals surface area contributed by atoms with Gasteiger partial charge >= 0.3 is 0 Å². The van der Waals surface area contributed by atoms with E-state index in [2.05, 4.69) is 0 Å². The van der Waals surface area contributed by atoms with E-state index in [4.69, 9.17) is 26.8 Å². The lowest BCUT2D eigenvalue weighted by atomic mass is 10.2. The first-order valence-corrected chi connectivity index (χ1v) is 9.34. The van der Waals surface area contributed by atoms with E-state index in [9.17, 15) is 0 Å². The quantitative estimate of drug-likeness (QED) is 0.224. The molecule has 0 amide bonds. The molecule has 0 N–H and O–H groups in total. The minimum absolute atomic E-state index is 0.795. The van der Waals surface area contributed by atoms with Gasteiger partial charge in [0, 0.05) is 47.4 Å². The zero-order chi connectivity index (χ0) is 12.6. The largest absolute Gasteiger partial charge is 0.247 e. The van der Waals surface area contributed by atoms with Crippen LogP contribution in [0.2, 0.25) is 0 Å². The van der Waals surface area contributed by atoms with E-state index in [1.54, 1.807) is 24.1 Å². The summed E-state index contributed by atoms with van der Waals surface area (Å²) in [5.41, 5.74) is 0. The number of unbranched alkanes of at least 4 members (excludes halogenated alkanes) is 6. The maximum Gasteiger partial charge on any atom is 0.0223 e. The topological polar surface area (TPSA) is 9.23 Å². The summed E-state index contributed by atoms with van der Waals surface area (Å²) in [6, 6.07) is 0. The molecule has 0 aromatic rings. The van der Waals surface area contributed by atoms with Crippen molar-refractivity contribution in [2.24, 2.45) is 0 Å². The van der Waals surface area contributed by atoms with Crippen LogP contribution in [-0.4, -0.2) is 23.3 Å². The van der Waals surface area contributed by atoms with E-state index >= 15 is 0 Å². The van der Waals surface area contributed by atoms with Crippen LogP contribution in [0.1, 0.15) is 51.4 Å². The third kappa shape index (κ3) is 17.2. The van der Waals surface area contributed by atoms with Crippen LogP contribution in [0.5, 0.6) is 0 Å². The molecule has 0 saturated carbocycles. The van der Waals surface area contributed by atoms with Crippen LogP contribution >= 0.6 is 47.3 Å². The van der Waals surface area contributed by atoms with Gasteiger partial charge in [-0.05, 0) is 25.7 Å². The van der Waals surface area contributed by atoms with Gasteiger partial charge in [-0.3, -0.25) is 0 Å². The molecule has 0 aliphatic carbocycles. The molecule has 0 aliphatic rings. The standard InChI is InChI=1S/C12H24Cl2OS2/c13-9-5-1-3-7-11-16-15-17-12-8-4-2-6-10-14/h1-12H2. The maximum absolute atomic E-state index is 5.60. The van der Waals surface area contributed by atoms with E-state index in [1.807, 2.05) is 0 Å². The van der Waals surface area contributed by atoms with E-state index < -0.39 is 0 Å². The van der Waals surface area contributed by atoms with E-state index in [0.717, 1.165) is 36.1 Å². The molecule has 0 radical (unpaired) electrons. The Morgan fingerprint density at radius 1 is 0.588 bits per heavy atom. The van der Waals surface area contributed by atoms with Crippen molar-refractivity contribution in [3.05, 3.63) is 0 Å². The normalized spacial score (nSPS) is 10.9. The number of hydrogen-bond acceptors (Lipinski definition) is 3. The molecule has 0 rings (SSSR count). The van der Waals surface area contributed by atoms with Crippen molar-refractivity contribution >= 4 is 47.3 Å². The first-order valence-electron chi connectivity index (χ1n) is 6.45. The summed E-state index contributed by atoms with van der Waals surface area (Å²) in [5, 5.41) is 0. The summed E-state index contributed by atoms with van der Waals surface area (Å²) in [7, 11) is 0. The van der Waals surface area contributed by atoms with Crippen LogP contribution in [0.4, 0.5) is 0 Å². The molecule has 1 nitrogen and oxygen atoms in total. The van der Waals surface area contributed by atoms with Crippen molar-refractivity contribution in [2.75, 3.05) is 23.3 Å². The summed E-state index contributed by atoms with van der Waals surface area (Å²) in [5.74, 6) is 3.79. The molecular weight excluding hydrogens is 295 g/mol. The molecule has 0 fully saturated rings. The average Bonchev–Trinajstić information content (AvgIpc) is 2.35. The first-order chi connectivity index (χ1) is 8.41. The Hall–Kier alpha value is 1.24. The van der Waals surface area contributed by atoms with Crippen molar-refractivity contribution in [1.29, 1.82) is 0 Å². The number of hydrogen-bond donors (Lipinski definition) is 0. The zero-order valence-corrected chi connectivity index (χ0v) is 13.6. The SMILES string of the molecule is ClCCCCCCSOSCCCCCCCl. The molecule has 0 saturated heterocycles. The fraction of sp³-hybridized carbons (Fsp3) is 1.00. The predicted molar refractivity (Wildman–Crippen MR) is 84.4 cm³/mol. The molecular formula is C12H24Cl2OS2. The van der Waals surface area contributed by atoms with Crippen LogP contribution in [0.3, 0.4) is 0 Å². The molecule has 0 bridgehead atoms. The van der Waals surface area contributed by atoms with Crippen molar-refractivity contribution in [1.82, 2.24) is 0 Å². The molecule has 0 aliphatic heterocycles. The second kappa shape index (κ2) is 17.2.